The number of halogens is 1. The fraction of sp³-hybridized carbons (Fsp3) is 0.143. The van der Waals surface area contributed by atoms with E-state index in [0.29, 0.717) is 11.5 Å². The maximum Gasteiger partial charge on any atom is 0.265 e. The average Bonchev–Trinajstić information content (AvgIpc) is 2.54. The molecule has 0 aliphatic heterocycles. The molecule has 1 N–H and O–H groups in total. The number of benzene rings is 1. The third kappa shape index (κ3) is 3.91. The van der Waals surface area contributed by atoms with Crippen LogP contribution in [-0.2, 0) is 10.0 Å². The fourth-order valence-corrected chi connectivity index (χ4v) is 2.77. The van der Waals surface area contributed by atoms with Gasteiger partial charge in [0.25, 0.3) is 15.9 Å². The number of hydrogen-bond acceptors (Lipinski definition) is 6. The lowest BCUT2D eigenvalue weighted by molar-refractivity contribution is 0.0981. The van der Waals surface area contributed by atoms with E-state index in [1.54, 1.807) is 0 Å². The van der Waals surface area contributed by atoms with Crippen molar-refractivity contribution in [2.24, 2.45) is 0 Å². The highest BCUT2D eigenvalue weighted by Crippen LogP contribution is 2.27. The van der Waals surface area contributed by atoms with Gasteiger partial charge in [-0.15, -0.1) is 0 Å². The van der Waals surface area contributed by atoms with E-state index in [4.69, 9.17) is 21.1 Å². The molecule has 0 saturated heterocycles. The maximum atomic E-state index is 12.1. The Morgan fingerprint density at radius 2 is 1.83 bits per heavy atom. The largest absolute Gasteiger partial charge is 0.493 e. The van der Waals surface area contributed by atoms with Crippen molar-refractivity contribution >= 4 is 27.5 Å². The van der Waals surface area contributed by atoms with E-state index in [1.165, 1.54) is 44.6 Å². The Hall–Kier alpha value is -2.32. The number of carbonyl (C=O) groups excluding carboxylic acids is 1. The van der Waals surface area contributed by atoms with E-state index in [2.05, 4.69) is 4.98 Å². The molecular weight excluding hydrogens is 344 g/mol. The van der Waals surface area contributed by atoms with Crippen molar-refractivity contribution in [3.63, 3.8) is 0 Å². The third-order valence-electron chi connectivity index (χ3n) is 2.88. The number of aromatic nitrogens is 1. The number of carbonyl (C=O) groups is 1. The highest BCUT2D eigenvalue weighted by Gasteiger charge is 2.20. The van der Waals surface area contributed by atoms with Crippen LogP contribution in [0.4, 0.5) is 0 Å². The van der Waals surface area contributed by atoms with E-state index in [0.717, 1.165) is 6.20 Å². The van der Waals surface area contributed by atoms with Crippen LogP contribution in [0.25, 0.3) is 0 Å². The molecule has 0 radical (unpaired) electrons. The molecule has 0 unspecified atom stereocenters. The first-order valence-electron chi connectivity index (χ1n) is 6.28. The van der Waals surface area contributed by atoms with E-state index in [-0.39, 0.29) is 15.6 Å². The Morgan fingerprint density at radius 3 is 2.39 bits per heavy atom. The number of methoxy groups -OCH3 is 2. The lowest BCUT2D eigenvalue weighted by Crippen LogP contribution is -2.30. The zero-order chi connectivity index (χ0) is 17.0. The van der Waals surface area contributed by atoms with Crippen molar-refractivity contribution in [3.05, 3.63) is 47.2 Å². The zero-order valence-corrected chi connectivity index (χ0v) is 13.8. The first-order valence-corrected chi connectivity index (χ1v) is 8.14. The number of nitrogens with zero attached hydrogens (tertiary/aromatic N) is 1. The monoisotopic (exact) mass is 356 g/mol. The zero-order valence-electron chi connectivity index (χ0n) is 12.2. The molecule has 1 aromatic heterocycles. The normalized spacial score (nSPS) is 10.9. The van der Waals surface area contributed by atoms with Crippen molar-refractivity contribution < 1.29 is 22.7 Å². The van der Waals surface area contributed by atoms with Crippen molar-refractivity contribution in [3.8, 4) is 11.5 Å². The van der Waals surface area contributed by atoms with Crippen LogP contribution in [0.5, 0.6) is 11.5 Å². The molecule has 1 amide bonds. The number of hydrogen-bond donors (Lipinski definition) is 1. The minimum absolute atomic E-state index is 0.105. The van der Waals surface area contributed by atoms with Gasteiger partial charge < -0.3 is 9.47 Å². The first kappa shape index (κ1) is 17.0. The molecule has 0 aliphatic rings. The molecule has 0 fully saturated rings. The summed E-state index contributed by atoms with van der Waals surface area (Å²) < 4.78 is 36.4. The van der Waals surface area contributed by atoms with Gasteiger partial charge in [-0.25, -0.2) is 18.1 Å². The minimum atomic E-state index is -4.05. The fourth-order valence-electron chi connectivity index (χ4n) is 1.74. The number of rotatable bonds is 5. The Balaban J connectivity index is 2.26. The molecule has 0 aliphatic carbocycles. The van der Waals surface area contributed by atoms with E-state index in [1.807, 2.05) is 4.72 Å². The standard InChI is InChI=1S/C14H13ClN2O5S/c1-21-11-5-3-9(7-12(11)22-2)14(18)17-23(19,20)10-4-6-13(15)16-8-10/h3-8H,1-2H3,(H,17,18). The molecule has 9 heteroatoms. The molecule has 122 valence electrons. The summed E-state index contributed by atoms with van der Waals surface area (Å²) in [5.41, 5.74) is 0.105. The van der Waals surface area contributed by atoms with Crippen LogP contribution < -0.4 is 14.2 Å². The van der Waals surface area contributed by atoms with Crippen molar-refractivity contribution in [2.75, 3.05) is 14.2 Å². The summed E-state index contributed by atoms with van der Waals surface area (Å²) in [4.78, 5) is 15.6. The Kier molecular flexibility index (Phi) is 5.07. The van der Waals surface area contributed by atoms with Gasteiger partial charge >= 0.3 is 0 Å². The highest BCUT2D eigenvalue weighted by molar-refractivity contribution is 7.90. The van der Waals surface area contributed by atoms with Gasteiger partial charge in [-0.05, 0) is 30.3 Å². The van der Waals surface area contributed by atoms with Crippen molar-refractivity contribution in [1.82, 2.24) is 9.71 Å². The second-order valence-electron chi connectivity index (χ2n) is 4.32. The number of amides is 1. The van der Waals surface area contributed by atoms with Crippen LogP contribution in [0.2, 0.25) is 5.15 Å². The van der Waals surface area contributed by atoms with Gasteiger partial charge in [0.15, 0.2) is 11.5 Å². The van der Waals surface area contributed by atoms with Crippen molar-refractivity contribution in [2.45, 2.75) is 4.90 Å². The molecule has 0 saturated carbocycles. The van der Waals surface area contributed by atoms with Crippen LogP contribution in [0.1, 0.15) is 10.4 Å². The van der Waals surface area contributed by atoms with Gasteiger partial charge in [-0.3, -0.25) is 4.79 Å². The topological polar surface area (TPSA) is 94.6 Å². The van der Waals surface area contributed by atoms with Gasteiger partial charge in [0, 0.05) is 11.8 Å². The Labute approximate surface area is 138 Å². The molecule has 0 atom stereocenters. The van der Waals surface area contributed by atoms with Gasteiger partial charge in [-0.2, -0.15) is 0 Å². The van der Waals surface area contributed by atoms with Crippen LogP contribution >= 0.6 is 11.6 Å². The first-order chi connectivity index (χ1) is 10.9. The lowest BCUT2D eigenvalue weighted by Gasteiger charge is -2.10. The summed E-state index contributed by atoms with van der Waals surface area (Å²) in [5, 5.41) is 0.148. The van der Waals surface area contributed by atoms with E-state index >= 15 is 0 Å². The Morgan fingerprint density at radius 1 is 1.13 bits per heavy atom. The molecule has 1 heterocycles. The lowest BCUT2D eigenvalue weighted by atomic mass is 10.2. The molecule has 0 bridgehead atoms. The van der Waals surface area contributed by atoms with Gasteiger partial charge in [0.2, 0.25) is 0 Å². The van der Waals surface area contributed by atoms with Crippen LogP contribution in [0.3, 0.4) is 0 Å². The third-order valence-corrected chi connectivity index (χ3v) is 4.42. The van der Waals surface area contributed by atoms with Crippen LogP contribution in [-0.4, -0.2) is 33.5 Å². The SMILES string of the molecule is COc1ccc(C(=O)NS(=O)(=O)c2ccc(Cl)nc2)cc1OC. The number of ether oxygens (including phenoxy) is 2. The molecular formula is C14H13ClN2O5S. The molecule has 2 aromatic rings. The van der Waals surface area contributed by atoms with Crippen LogP contribution in [0.15, 0.2) is 41.4 Å². The summed E-state index contributed by atoms with van der Waals surface area (Å²) in [6.45, 7) is 0. The predicted octanol–water partition coefficient (Wildman–Crippen LogP) is 1.87. The summed E-state index contributed by atoms with van der Waals surface area (Å²) in [7, 11) is -1.19. The summed E-state index contributed by atoms with van der Waals surface area (Å²) >= 11 is 5.61. The summed E-state index contributed by atoms with van der Waals surface area (Å²) in [5.74, 6) is -0.0691. The van der Waals surface area contributed by atoms with Gasteiger partial charge in [-0.1, -0.05) is 11.6 Å². The van der Waals surface area contributed by atoms with E-state index in [9.17, 15) is 13.2 Å². The van der Waals surface area contributed by atoms with Crippen LogP contribution in [0, 0.1) is 0 Å². The van der Waals surface area contributed by atoms with Gasteiger partial charge in [0.1, 0.15) is 10.0 Å². The average molecular weight is 357 g/mol. The summed E-state index contributed by atoms with van der Waals surface area (Å²) in [6.07, 6.45) is 1.06. The molecule has 7 nitrogen and oxygen atoms in total. The number of nitrogens with one attached hydrogen (secondary N) is 1. The van der Waals surface area contributed by atoms with E-state index < -0.39 is 15.9 Å². The highest BCUT2D eigenvalue weighted by atomic mass is 35.5. The Bertz CT molecular complexity index is 822. The van der Waals surface area contributed by atoms with Gasteiger partial charge in [0.05, 0.1) is 14.2 Å². The molecule has 2 rings (SSSR count). The number of pyridine rings is 1. The second-order valence-corrected chi connectivity index (χ2v) is 6.39. The molecule has 0 spiro atoms. The number of sulfonamides is 1. The molecule has 1 aromatic carbocycles. The van der Waals surface area contributed by atoms with Crippen molar-refractivity contribution in [1.29, 1.82) is 0 Å². The smallest absolute Gasteiger partial charge is 0.265 e. The minimum Gasteiger partial charge on any atom is -0.493 e. The quantitative estimate of drug-likeness (QED) is 0.822. The second kappa shape index (κ2) is 6.84. The molecule has 23 heavy (non-hydrogen) atoms. The predicted molar refractivity (Wildman–Crippen MR) is 83.4 cm³/mol. The summed E-state index contributed by atoms with van der Waals surface area (Å²) in [6, 6.07) is 6.87. The maximum absolute atomic E-state index is 12.1.